The lowest BCUT2D eigenvalue weighted by molar-refractivity contribution is 0.161. The van der Waals surface area contributed by atoms with Crippen LogP contribution >= 0.6 is 0 Å². The highest BCUT2D eigenvalue weighted by atomic mass is 15.1. The van der Waals surface area contributed by atoms with E-state index in [2.05, 4.69) is 25.7 Å². The van der Waals surface area contributed by atoms with Crippen molar-refractivity contribution < 1.29 is 0 Å². The van der Waals surface area contributed by atoms with Gasteiger partial charge in [0.15, 0.2) is 0 Å². The molecule has 1 aliphatic heterocycles. The highest BCUT2D eigenvalue weighted by Gasteiger charge is 2.25. The zero-order valence-electron chi connectivity index (χ0n) is 10.1. The molecule has 0 aromatic carbocycles. The molecule has 1 atom stereocenters. The van der Waals surface area contributed by atoms with E-state index in [9.17, 15) is 0 Å². The summed E-state index contributed by atoms with van der Waals surface area (Å²) in [6.07, 6.45) is 5.56. The van der Waals surface area contributed by atoms with E-state index in [4.69, 9.17) is 5.73 Å². The Hall–Kier alpha value is -0.0800. The van der Waals surface area contributed by atoms with E-state index in [0.29, 0.717) is 0 Å². The summed E-state index contributed by atoms with van der Waals surface area (Å²) in [5.41, 5.74) is 6.25. The van der Waals surface area contributed by atoms with E-state index in [1.54, 1.807) is 0 Å². The summed E-state index contributed by atoms with van der Waals surface area (Å²) in [4.78, 5) is 2.59. The third-order valence-electron chi connectivity index (χ3n) is 3.56. The Morgan fingerprint density at radius 2 is 1.64 bits per heavy atom. The zero-order valence-corrected chi connectivity index (χ0v) is 10.1. The minimum Gasteiger partial charge on any atom is -0.327 e. The van der Waals surface area contributed by atoms with Crippen LogP contribution in [0, 0.1) is 5.41 Å². The van der Waals surface area contributed by atoms with Gasteiger partial charge >= 0.3 is 0 Å². The Balaban J connectivity index is 2.41. The molecule has 2 N–H and O–H groups in total. The summed E-state index contributed by atoms with van der Waals surface area (Å²) in [6, 6.07) is 0.283. The molecule has 0 aliphatic carbocycles. The fourth-order valence-electron chi connectivity index (χ4n) is 2.01. The number of hydrogen-bond acceptors (Lipinski definition) is 2. The van der Waals surface area contributed by atoms with Gasteiger partial charge in [0, 0.05) is 12.6 Å². The topological polar surface area (TPSA) is 29.3 Å². The summed E-state index contributed by atoms with van der Waals surface area (Å²) in [5, 5.41) is 0. The van der Waals surface area contributed by atoms with E-state index in [-0.39, 0.29) is 11.5 Å². The van der Waals surface area contributed by atoms with Gasteiger partial charge in [-0.1, -0.05) is 26.7 Å². The van der Waals surface area contributed by atoms with Crippen LogP contribution in [0.1, 0.15) is 46.5 Å². The molecule has 0 amide bonds. The molecular formula is C12H26N2. The first kappa shape index (κ1) is 12.0. The van der Waals surface area contributed by atoms with Gasteiger partial charge in [-0.2, -0.15) is 0 Å². The molecule has 14 heavy (non-hydrogen) atoms. The van der Waals surface area contributed by atoms with Crippen LogP contribution in [-0.4, -0.2) is 30.6 Å². The Kier molecular flexibility index (Phi) is 4.39. The van der Waals surface area contributed by atoms with E-state index < -0.39 is 0 Å². The predicted octanol–water partition coefficient (Wildman–Crippen LogP) is 2.24. The van der Waals surface area contributed by atoms with Crippen LogP contribution in [0.3, 0.4) is 0 Å². The van der Waals surface area contributed by atoms with Crippen molar-refractivity contribution in [3.05, 3.63) is 0 Å². The van der Waals surface area contributed by atoms with Crippen molar-refractivity contribution >= 4 is 0 Å². The van der Waals surface area contributed by atoms with Gasteiger partial charge in [-0.25, -0.2) is 0 Å². The molecule has 0 aromatic rings. The maximum atomic E-state index is 6.00. The van der Waals surface area contributed by atoms with Gasteiger partial charge in [0.05, 0.1) is 0 Å². The first-order chi connectivity index (χ1) is 6.52. The first-order valence-corrected chi connectivity index (χ1v) is 6.00. The van der Waals surface area contributed by atoms with Crippen molar-refractivity contribution in [1.29, 1.82) is 0 Å². The second-order valence-corrected chi connectivity index (χ2v) is 5.47. The molecule has 1 heterocycles. The number of nitrogens with two attached hydrogens (primary N) is 1. The summed E-state index contributed by atoms with van der Waals surface area (Å²) in [5.74, 6) is 0. The van der Waals surface area contributed by atoms with Crippen molar-refractivity contribution in [1.82, 2.24) is 4.90 Å². The number of hydrogen-bond donors (Lipinski definition) is 1. The summed E-state index contributed by atoms with van der Waals surface area (Å²) >= 11 is 0. The molecule has 1 fully saturated rings. The quantitative estimate of drug-likeness (QED) is 0.753. The first-order valence-electron chi connectivity index (χ1n) is 6.00. The van der Waals surface area contributed by atoms with Gasteiger partial charge in [0.1, 0.15) is 0 Å². The van der Waals surface area contributed by atoms with Crippen LogP contribution in [0.15, 0.2) is 0 Å². The van der Waals surface area contributed by atoms with Crippen molar-refractivity contribution in [2.75, 3.05) is 19.6 Å². The zero-order chi connectivity index (χ0) is 10.6. The molecule has 84 valence electrons. The molecule has 1 rings (SSSR count). The van der Waals surface area contributed by atoms with Crippen LogP contribution in [-0.2, 0) is 0 Å². The molecule has 1 unspecified atom stereocenters. The monoisotopic (exact) mass is 198 g/mol. The lowest BCUT2D eigenvalue weighted by atomic mass is 9.85. The third-order valence-corrected chi connectivity index (χ3v) is 3.56. The third kappa shape index (κ3) is 3.58. The Bertz CT molecular complexity index is 156. The van der Waals surface area contributed by atoms with Crippen molar-refractivity contribution in [3.8, 4) is 0 Å². The molecule has 2 nitrogen and oxygen atoms in total. The highest BCUT2D eigenvalue weighted by Crippen LogP contribution is 2.22. The molecular weight excluding hydrogens is 172 g/mol. The average molecular weight is 198 g/mol. The molecule has 0 spiro atoms. The van der Waals surface area contributed by atoms with Gasteiger partial charge in [0.25, 0.3) is 0 Å². The fourth-order valence-corrected chi connectivity index (χ4v) is 2.01. The second-order valence-electron chi connectivity index (χ2n) is 5.47. The SMILES string of the molecule is CC(N)C(C)(C)CN1CCCCCC1. The van der Waals surface area contributed by atoms with Crippen molar-refractivity contribution in [2.24, 2.45) is 11.1 Å². The van der Waals surface area contributed by atoms with E-state index >= 15 is 0 Å². The van der Waals surface area contributed by atoms with Crippen LogP contribution < -0.4 is 5.73 Å². The second kappa shape index (κ2) is 5.13. The molecule has 1 aliphatic rings. The van der Waals surface area contributed by atoms with Crippen LogP contribution in [0.5, 0.6) is 0 Å². The molecule has 0 bridgehead atoms. The summed E-state index contributed by atoms with van der Waals surface area (Å²) in [7, 11) is 0. The number of rotatable bonds is 3. The minimum absolute atomic E-state index is 0.254. The van der Waals surface area contributed by atoms with Crippen molar-refractivity contribution in [3.63, 3.8) is 0 Å². The molecule has 0 saturated carbocycles. The lowest BCUT2D eigenvalue weighted by Gasteiger charge is -2.35. The van der Waals surface area contributed by atoms with E-state index in [1.165, 1.54) is 38.8 Å². The largest absolute Gasteiger partial charge is 0.327 e. The molecule has 2 heteroatoms. The van der Waals surface area contributed by atoms with Crippen LogP contribution in [0.2, 0.25) is 0 Å². The number of nitrogens with zero attached hydrogens (tertiary/aromatic N) is 1. The lowest BCUT2D eigenvalue weighted by Crippen LogP contribution is -2.44. The summed E-state index contributed by atoms with van der Waals surface area (Å²) in [6.45, 7) is 10.4. The van der Waals surface area contributed by atoms with Gasteiger partial charge in [-0.15, -0.1) is 0 Å². The van der Waals surface area contributed by atoms with E-state index in [1.807, 2.05) is 0 Å². The minimum atomic E-state index is 0.254. The molecule has 0 aromatic heterocycles. The van der Waals surface area contributed by atoms with Crippen LogP contribution in [0.25, 0.3) is 0 Å². The molecule has 1 saturated heterocycles. The Morgan fingerprint density at radius 1 is 1.14 bits per heavy atom. The summed E-state index contributed by atoms with van der Waals surface area (Å²) < 4.78 is 0. The Labute approximate surface area is 88.8 Å². The van der Waals surface area contributed by atoms with Gasteiger partial charge < -0.3 is 10.6 Å². The fraction of sp³-hybridized carbons (Fsp3) is 1.00. The smallest absolute Gasteiger partial charge is 0.00739 e. The standard InChI is InChI=1S/C12H26N2/c1-11(13)12(2,3)10-14-8-6-4-5-7-9-14/h11H,4-10,13H2,1-3H3. The van der Waals surface area contributed by atoms with E-state index in [0.717, 1.165) is 6.54 Å². The maximum absolute atomic E-state index is 6.00. The molecule has 0 radical (unpaired) electrons. The van der Waals surface area contributed by atoms with Gasteiger partial charge in [-0.3, -0.25) is 0 Å². The Morgan fingerprint density at radius 3 is 2.07 bits per heavy atom. The van der Waals surface area contributed by atoms with Gasteiger partial charge in [0.2, 0.25) is 0 Å². The number of likely N-dealkylation sites (tertiary alicyclic amines) is 1. The highest BCUT2D eigenvalue weighted by molar-refractivity contribution is 4.82. The predicted molar refractivity (Wildman–Crippen MR) is 62.3 cm³/mol. The maximum Gasteiger partial charge on any atom is 0.00739 e. The average Bonchev–Trinajstić information content (AvgIpc) is 2.32. The van der Waals surface area contributed by atoms with Crippen molar-refractivity contribution in [2.45, 2.75) is 52.5 Å². The van der Waals surface area contributed by atoms with Crippen LogP contribution in [0.4, 0.5) is 0 Å². The normalized spacial score (nSPS) is 23.1. The van der Waals surface area contributed by atoms with Gasteiger partial charge in [-0.05, 0) is 38.3 Å².